The molecule has 3 amide bonds. The minimum Gasteiger partial charge on any atom is -0.480 e. The van der Waals surface area contributed by atoms with Gasteiger partial charge in [-0.25, -0.2) is 9.59 Å². The molecule has 0 bridgehead atoms. The third kappa shape index (κ3) is 7.46. The van der Waals surface area contributed by atoms with Crippen LogP contribution in [0.25, 0.3) is 0 Å². The van der Waals surface area contributed by atoms with Gasteiger partial charge >= 0.3 is 12.1 Å². The molecule has 204 valence electrons. The number of alkyl carbamates (subject to hydrolysis) is 1. The van der Waals surface area contributed by atoms with Crippen molar-refractivity contribution in [2.45, 2.75) is 38.0 Å². The number of amides is 3. The standard InChI is InChI=1S/C26H34N6O6/c33-22(29-15-21(24(35)36)31-26(37)38-16-17-4-2-1-3-5-17)18-8-12-32(13-9-18)23(34)19-6-7-20(14-19)30-25-27-10-11-28-25/h1-7,18-21H,8-16H2,(H,29,33)(H,31,37)(H,35,36)(H2,27,28,30)/t19-,20+,21+/m1/s1. The fourth-order valence-electron chi connectivity index (χ4n) is 4.71. The van der Waals surface area contributed by atoms with Crippen molar-refractivity contribution in [2.75, 3.05) is 32.7 Å². The zero-order valence-electron chi connectivity index (χ0n) is 21.1. The SMILES string of the molecule is O=C(N[C@@H](CNC(=O)C1CCN(C(=O)[C@@H]2C=C[C@H](NC3=NCCN3)C2)CC1)C(=O)O)OCc1ccccc1. The molecule has 2 aliphatic heterocycles. The lowest BCUT2D eigenvalue weighted by molar-refractivity contribution is -0.140. The maximum Gasteiger partial charge on any atom is 0.408 e. The number of carbonyl (C=O) groups is 4. The van der Waals surface area contributed by atoms with E-state index in [1.54, 1.807) is 29.2 Å². The van der Waals surface area contributed by atoms with Gasteiger partial charge in [0.25, 0.3) is 0 Å². The number of rotatable bonds is 9. The zero-order valence-corrected chi connectivity index (χ0v) is 21.1. The van der Waals surface area contributed by atoms with Crippen molar-refractivity contribution >= 4 is 29.8 Å². The largest absolute Gasteiger partial charge is 0.480 e. The second-order valence-corrected chi connectivity index (χ2v) is 9.58. The van der Waals surface area contributed by atoms with Crippen LogP contribution < -0.4 is 21.3 Å². The Bertz CT molecular complexity index is 1070. The molecule has 0 saturated carbocycles. The lowest BCUT2D eigenvalue weighted by Crippen LogP contribution is -2.50. The predicted molar refractivity (Wildman–Crippen MR) is 138 cm³/mol. The number of hydrogen-bond donors (Lipinski definition) is 5. The smallest absolute Gasteiger partial charge is 0.408 e. The van der Waals surface area contributed by atoms with Gasteiger partial charge in [0.15, 0.2) is 5.96 Å². The van der Waals surface area contributed by atoms with E-state index in [4.69, 9.17) is 4.74 Å². The van der Waals surface area contributed by atoms with E-state index in [0.717, 1.165) is 24.6 Å². The lowest BCUT2D eigenvalue weighted by Gasteiger charge is -2.33. The molecule has 0 spiro atoms. The maximum absolute atomic E-state index is 13.0. The molecular formula is C26H34N6O6. The average Bonchev–Trinajstić information content (AvgIpc) is 3.62. The first kappa shape index (κ1) is 27.0. The van der Waals surface area contributed by atoms with Gasteiger partial charge in [-0.15, -0.1) is 0 Å². The van der Waals surface area contributed by atoms with Crippen molar-refractivity contribution < 1.29 is 29.0 Å². The summed E-state index contributed by atoms with van der Waals surface area (Å²) in [6, 6.07) is 7.73. The summed E-state index contributed by atoms with van der Waals surface area (Å²) < 4.78 is 5.07. The molecule has 1 aromatic carbocycles. The number of nitrogens with zero attached hydrogens (tertiary/aromatic N) is 2. The van der Waals surface area contributed by atoms with Crippen molar-refractivity contribution in [2.24, 2.45) is 16.8 Å². The zero-order chi connectivity index (χ0) is 26.9. The molecule has 2 heterocycles. The highest BCUT2D eigenvalue weighted by Gasteiger charge is 2.33. The number of carbonyl (C=O) groups excluding carboxylic acids is 3. The molecular weight excluding hydrogens is 492 g/mol. The predicted octanol–water partition coefficient (Wildman–Crippen LogP) is 0.214. The second kappa shape index (κ2) is 12.9. The van der Waals surface area contributed by atoms with Crippen LogP contribution >= 0.6 is 0 Å². The van der Waals surface area contributed by atoms with Crippen LogP contribution in [-0.4, -0.2) is 84.7 Å². The number of hydrogen-bond acceptors (Lipinski definition) is 8. The molecule has 38 heavy (non-hydrogen) atoms. The number of aliphatic carboxylic acids is 1. The lowest BCUT2D eigenvalue weighted by atomic mass is 9.94. The summed E-state index contributed by atoms with van der Waals surface area (Å²) >= 11 is 0. The number of carboxylic acids is 1. The molecule has 4 rings (SSSR count). The fourth-order valence-corrected chi connectivity index (χ4v) is 4.71. The third-order valence-electron chi connectivity index (χ3n) is 6.86. The van der Waals surface area contributed by atoms with Crippen molar-refractivity contribution in [3.63, 3.8) is 0 Å². The molecule has 3 atom stereocenters. The molecule has 1 saturated heterocycles. The molecule has 0 unspecified atom stereocenters. The Balaban J connectivity index is 1.16. The molecule has 3 aliphatic rings. The van der Waals surface area contributed by atoms with Gasteiger partial charge in [-0.05, 0) is 24.8 Å². The second-order valence-electron chi connectivity index (χ2n) is 9.58. The first-order valence-corrected chi connectivity index (χ1v) is 12.9. The van der Waals surface area contributed by atoms with Gasteiger partial charge in [0, 0.05) is 38.1 Å². The van der Waals surface area contributed by atoms with Crippen LogP contribution in [0.2, 0.25) is 0 Å². The third-order valence-corrected chi connectivity index (χ3v) is 6.86. The van der Waals surface area contributed by atoms with Crippen molar-refractivity contribution in [3.8, 4) is 0 Å². The topological polar surface area (TPSA) is 161 Å². The molecule has 1 aromatic rings. The minimum atomic E-state index is -1.33. The van der Waals surface area contributed by atoms with Gasteiger partial charge in [0.2, 0.25) is 11.8 Å². The normalized spacial score (nSPS) is 21.7. The van der Waals surface area contributed by atoms with Crippen LogP contribution in [-0.2, 0) is 25.7 Å². The van der Waals surface area contributed by atoms with Crippen LogP contribution in [0.4, 0.5) is 4.79 Å². The van der Waals surface area contributed by atoms with Gasteiger partial charge < -0.3 is 36.0 Å². The van der Waals surface area contributed by atoms with Crippen LogP contribution in [0.1, 0.15) is 24.8 Å². The molecule has 0 radical (unpaired) electrons. The summed E-state index contributed by atoms with van der Waals surface area (Å²) in [6.07, 6.45) is 4.68. The molecule has 0 aromatic heterocycles. The van der Waals surface area contributed by atoms with Gasteiger partial charge in [0.1, 0.15) is 12.6 Å². The average molecular weight is 527 g/mol. The number of piperidine rings is 1. The number of carboxylic acid groups (broad SMARTS) is 1. The van der Waals surface area contributed by atoms with E-state index in [1.165, 1.54) is 0 Å². The van der Waals surface area contributed by atoms with E-state index in [-0.39, 0.29) is 42.8 Å². The van der Waals surface area contributed by atoms with Gasteiger partial charge in [-0.1, -0.05) is 42.5 Å². The number of benzene rings is 1. The summed E-state index contributed by atoms with van der Waals surface area (Å²) in [6.45, 7) is 2.22. The number of aliphatic imine (C=N–C) groups is 1. The first-order chi connectivity index (χ1) is 18.4. The van der Waals surface area contributed by atoms with E-state index >= 15 is 0 Å². The Morgan fingerprint density at radius 3 is 2.58 bits per heavy atom. The fraction of sp³-hybridized carbons (Fsp3) is 0.500. The van der Waals surface area contributed by atoms with Crippen LogP contribution in [0.15, 0.2) is 47.5 Å². The number of guanidine groups is 1. The van der Waals surface area contributed by atoms with Gasteiger partial charge in [-0.2, -0.15) is 0 Å². The molecule has 12 nitrogen and oxygen atoms in total. The number of ether oxygens (including phenoxy) is 1. The van der Waals surface area contributed by atoms with Gasteiger partial charge in [-0.3, -0.25) is 14.6 Å². The number of nitrogens with one attached hydrogen (secondary N) is 4. The van der Waals surface area contributed by atoms with Gasteiger partial charge in [0.05, 0.1) is 12.5 Å². The van der Waals surface area contributed by atoms with Crippen LogP contribution in [0.3, 0.4) is 0 Å². The Hall–Kier alpha value is -4.09. The van der Waals surface area contributed by atoms with E-state index in [9.17, 15) is 24.3 Å². The molecule has 5 N–H and O–H groups in total. The van der Waals surface area contributed by atoms with Crippen molar-refractivity contribution in [3.05, 3.63) is 48.0 Å². The van der Waals surface area contributed by atoms with E-state index in [2.05, 4.69) is 26.3 Å². The minimum absolute atomic E-state index is 0.00296. The Kier molecular flexibility index (Phi) is 9.17. The van der Waals surface area contributed by atoms with Crippen LogP contribution in [0, 0.1) is 11.8 Å². The summed E-state index contributed by atoms with van der Waals surface area (Å²) in [7, 11) is 0. The van der Waals surface area contributed by atoms with E-state index in [0.29, 0.717) is 32.4 Å². The molecule has 1 aliphatic carbocycles. The maximum atomic E-state index is 13.0. The van der Waals surface area contributed by atoms with Crippen molar-refractivity contribution in [1.82, 2.24) is 26.2 Å². The molecule has 1 fully saturated rings. The monoisotopic (exact) mass is 526 g/mol. The first-order valence-electron chi connectivity index (χ1n) is 12.9. The highest BCUT2D eigenvalue weighted by Crippen LogP contribution is 2.24. The Morgan fingerprint density at radius 2 is 1.89 bits per heavy atom. The van der Waals surface area contributed by atoms with Crippen molar-refractivity contribution in [1.29, 1.82) is 0 Å². The molecule has 12 heteroatoms. The summed E-state index contributed by atoms with van der Waals surface area (Å²) in [5, 5.41) is 20.8. The highest BCUT2D eigenvalue weighted by molar-refractivity contribution is 5.85. The summed E-state index contributed by atoms with van der Waals surface area (Å²) in [4.78, 5) is 55.4. The van der Waals surface area contributed by atoms with E-state index in [1.807, 2.05) is 18.2 Å². The Labute approximate surface area is 220 Å². The summed E-state index contributed by atoms with van der Waals surface area (Å²) in [5.74, 6) is -1.30. The highest BCUT2D eigenvalue weighted by atomic mass is 16.5. The van der Waals surface area contributed by atoms with Crippen LogP contribution in [0.5, 0.6) is 0 Å². The summed E-state index contributed by atoms with van der Waals surface area (Å²) in [5.41, 5.74) is 0.768. The quantitative estimate of drug-likeness (QED) is 0.286. The van der Waals surface area contributed by atoms with E-state index < -0.39 is 18.1 Å². The Morgan fingerprint density at radius 1 is 1.13 bits per heavy atom. The number of likely N-dealkylation sites (tertiary alicyclic amines) is 1.